The number of para-hydroxylation sites is 1. The van der Waals surface area contributed by atoms with E-state index >= 15 is 0 Å². The second-order valence-corrected chi connectivity index (χ2v) is 8.73. The van der Waals surface area contributed by atoms with E-state index in [1.54, 1.807) is 18.3 Å². The number of aromatic nitrogens is 2. The molecule has 0 aliphatic carbocycles. The third kappa shape index (κ3) is 6.44. The number of pyridine rings is 2. The Morgan fingerprint density at radius 2 is 0.875 bits per heavy atom. The minimum Gasteiger partial charge on any atom is -0.457 e. The van der Waals surface area contributed by atoms with Gasteiger partial charge in [0.05, 0.1) is 5.69 Å². The lowest BCUT2D eigenvalue weighted by molar-refractivity contribution is 0.420. The number of benzene rings is 4. The predicted octanol–water partition coefficient (Wildman–Crippen LogP) is 9.31. The highest BCUT2D eigenvalue weighted by Gasteiger charge is 2.07. The van der Waals surface area contributed by atoms with Gasteiger partial charge in [0.25, 0.3) is 0 Å². The molecule has 0 radical (unpaired) electrons. The van der Waals surface area contributed by atoms with E-state index in [9.17, 15) is 0 Å². The van der Waals surface area contributed by atoms with Gasteiger partial charge in [0, 0.05) is 36.0 Å². The maximum absolute atomic E-state index is 6.11. The highest BCUT2D eigenvalue weighted by molar-refractivity contribution is 5.61. The maximum Gasteiger partial charge on any atom is 0.222 e. The van der Waals surface area contributed by atoms with Gasteiger partial charge in [-0.3, -0.25) is 4.98 Å². The van der Waals surface area contributed by atoms with Crippen LogP contribution in [0.1, 0.15) is 0 Å². The summed E-state index contributed by atoms with van der Waals surface area (Å²) in [5.41, 5.74) is 1.86. The average Bonchev–Trinajstić information content (AvgIpc) is 2.99. The summed E-state index contributed by atoms with van der Waals surface area (Å²) in [6.45, 7) is 0. The first-order chi connectivity index (χ1) is 19.8. The molecule has 40 heavy (non-hydrogen) atoms. The molecular formula is C34H24N2O4. The van der Waals surface area contributed by atoms with Gasteiger partial charge in [-0.05, 0) is 60.7 Å². The Balaban J connectivity index is 1.13. The number of hydrogen-bond donors (Lipinski definition) is 0. The average molecular weight is 525 g/mol. The van der Waals surface area contributed by atoms with Crippen molar-refractivity contribution in [2.75, 3.05) is 0 Å². The van der Waals surface area contributed by atoms with Crippen molar-refractivity contribution in [3.05, 3.63) is 146 Å². The van der Waals surface area contributed by atoms with Crippen molar-refractivity contribution in [1.29, 1.82) is 0 Å². The standard InChI is InChI=1S/C34H24N2O4/c1-2-11-26(12-3-1)37-28-14-7-16-30(23-28)39-33-19-9-20-34(36-33)40-31-17-8-15-29(24-31)38-27-13-6-10-25(22-27)32-18-4-5-21-35-32/h1-24H. The van der Waals surface area contributed by atoms with Gasteiger partial charge in [0.1, 0.15) is 34.5 Å². The van der Waals surface area contributed by atoms with E-state index in [1.165, 1.54) is 0 Å². The molecule has 0 aliphatic heterocycles. The topological polar surface area (TPSA) is 62.7 Å². The molecule has 6 nitrogen and oxygen atoms in total. The molecular weight excluding hydrogens is 500 g/mol. The molecule has 0 saturated heterocycles. The summed E-state index contributed by atoms with van der Waals surface area (Å²) in [4.78, 5) is 8.92. The van der Waals surface area contributed by atoms with Gasteiger partial charge in [0.2, 0.25) is 11.8 Å². The third-order valence-corrected chi connectivity index (χ3v) is 5.76. The highest BCUT2D eigenvalue weighted by atomic mass is 16.5. The van der Waals surface area contributed by atoms with Crippen LogP contribution in [0, 0.1) is 0 Å². The van der Waals surface area contributed by atoms with E-state index in [0.29, 0.717) is 40.5 Å². The molecule has 6 rings (SSSR count). The second-order valence-electron chi connectivity index (χ2n) is 8.73. The number of ether oxygens (including phenoxy) is 4. The Bertz CT molecular complexity index is 1710. The quantitative estimate of drug-likeness (QED) is 0.188. The van der Waals surface area contributed by atoms with Gasteiger partial charge in [-0.1, -0.05) is 54.6 Å². The molecule has 2 aromatic heterocycles. The Kier molecular flexibility index (Phi) is 7.31. The van der Waals surface area contributed by atoms with Gasteiger partial charge in [-0.25, -0.2) is 0 Å². The van der Waals surface area contributed by atoms with Crippen molar-refractivity contribution in [3.63, 3.8) is 0 Å². The van der Waals surface area contributed by atoms with Crippen LogP contribution in [0.5, 0.6) is 46.3 Å². The predicted molar refractivity (Wildman–Crippen MR) is 154 cm³/mol. The van der Waals surface area contributed by atoms with Crippen molar-refractivity contribution < 1.29 is 18.9 Å². The van der Waals surface area contributed by atoms with Crippen molar-refractivity contribution >= 4 is 0 Å². The molecule has 2 heterocycles. The fraction of sp³-hybridized carbons (Fsp3) is 0. The van der Waals surface area contributed by atoms with Crippen molar-refractivity contribution in [3.8, 4) is 57.5 Å². The molecule has 0 N–H and O–H groups in total. The Hall–Kier alpha value is -5.62. The van der Waals surface area contributed by atoms with Crippen LogP contribution < -0.4 is 18.9 Å². The van der Waals surface area contributed by atoms with Gasteiger partial charge in [0.15, 0.2) is 0 Å². The van der Waals surface area contributed by atoms with E-state index in [1.807, 2.05) is 127 Å². The molecule has 0 bridgehead atoms. The third-order valence-electron chi connectivity index (χ3n) is 5.76. The Labute approximate surface area is 232 Å². The first-order valence-corrected chi connectivity index (χ1v) is 12.7. The molecule has 0 unspecified atom stereocenters. The second kappa shape index (κ2) is 11.8. The molecule has 0 atom stereocenters. The first-order valence-electron chi connectivity index (χ1n) is 12.7. The van der Waals surface area contributed by atoms with Gasteiger partial charge < -0.3 is 18.9 Å². The van der Waals surface area contributed by atoms with Crippen LogP contribution in [0.15, 0.2) is 146 Å². The van der Waals surface area contributed by atoms with Crippen LogP contribution in [0.4, 0.5) is 0 Å². The first kappa shape index (κ1) is 24.7. The summed E-state index contributed by atoms with van der Waals surface area (Å²) in [5, 5.41) is 0. The minimum atomic E-state index is 0.392. The van der Waals surface area contributed by atoms with Crippen LogP contribution >= 0.6 is 0 Å². The van der Waals surface area contributed by atoms with E-state index < -0.39 is 0 Å². The summed E-state index contributed by atoms with van der Waals surface area (Å²) in [7, 11) is 0. The van der Waals surface area contributed by atoms with Gasteiger partial charge >= 0.3 is 0 Å². The Morgan fingerprint density at radius 1 is 0.375 bits per heavy atom. The SMILES string of the molecule is c1ccc(Oc2cccc(Oc3cccc(Oc4cccc(Oc5cccc(-c6ccccn6)c5)c4)n3)c2)cc1. The van der Waals surface area contributed by atoms with Crippen LogP contribution in [-0.2, 0) is 0 Å². The lowest BCUT2D eigenvalue weighted by Crippen LogP contribution is -1.93. The van der Waals surface area contributed by atoms with E-state index in [0.717, 1.165) is 17.0 Å². The summed E-state index contributed by atoms with van der Waals surface area (Å²) in [5.74, 6) is 4.73. The largest absolute Gasteiger partial charge is 0.457 e. The molecule has 0 saturated carbocycles. The molecule has 0 spiro atoms. The maximum atomic E-state index is 6.11. The summed E-state index contributed by atoms with van der Waals surface area (Å²) >= 11 is 0. The van der Waals surface area contributed by atoms with E-state index in [2.05, 4.69) is 9.97 Å². The molecule has 6 aromatic rings. The monoisotopic (exact) mass is 524 g/mol. The van der Waals surface area contributed by atoms with Crippen LogP contribution in [0.25, 0.3) is 11.3 Å². The van der Waals surface area contributed by atoms with Crippen LogP contribution in [0.2, 0.25) is 0 Å². The van der Waals surface area contributed by atoms with Gasteiger partial charge in [-0.15, -0.1) is 0 Å². The molecule has 0 fully saturated rings. The highest BCUT2D eigenvalue weighted by Crippen LogP contribution is 2.32. The molecule has 0 aliphatic rings. The van der Waals surface area contributed by atoms with E-state index in [-0.39, 0.29) is 0 Å². The fourth-order valence-electron chi connectivity index (χ4n) is 3.97. The smallest absolute Gasteiger partial charge is 0.222 e. The van der Waals surface area contributed by atoms with Crippen molar-refractivity contribution in [2.24, 2.45) is 0 Å². The number of hydrogen-bond acceptors (Lipinski definition) is 6. The Morgan fingerprint density at radius 3 is 1.50 bits per heavy atom. The van der Waals surface area contributed by atoms with Gasteiger partial charge in [-0.2, -0.15) is 4.98 Å². The molecule has 6 heteroatoms. The van der Waals surface area contributed by atoms with Crippen molar-refractivity contribution in [1.82, 2.24) is 9.97 Å². The number of rotatable bonds is 9. The van der Waals surface area contributed by atoms with E-state index in [4.69, 9.17) is 18.9 Å². The fourth-order valence-corrected chi connectivity index (χ4v) is 3.97. The van der Waals surface area contributed by atoms with Crippen molar-refractivity contribution in [2.45, 2.75) is 0 Å². The van der Waals surface area contributed by atoms with Crippen LogP contribution in [0.3, 0.4) is 0 Å². The molecule has 194 valence electrons. The minimum absolute atomic E-state index is 0.392. The number of nitrogens with zero attached hydrogens (tertiary/aromatic N) is 2. The normalized spacial score (nSPS) is 10.5. The lowest BCUT2D eigenvalue weighted by atomic mass is 10.1. The molecule has 0 amide bonds. The zero-order chi connectivity index (χ0) is 27.0. The summed E-state index contributed by atoms with van der Waals surface area (Å²) in [6.07, 6.45) is 1.77. The zero-order valence-corrected chi connectivity index (χ0v) is 21.4. The summed E-state index contributed by atoms with van der Waals surface area (Å²) < 4.78 is 24.0. The molecule has 4 aromatic carbocycles. The summed E-state index contributed by atoms with van der Waals surface area (Å²) in [6, 6.07) is 43.4. The van der Waals surface area contributed by atoms with Crippen LogP contribution in [-0.4, -0.2) is 9.97 Å². The zero-order valence-electron chi connectivity index (χ0n) is 21.4. The lowest BCUT2D eigenvalue weighted by Gasteiger charge is -2.11.